The van der Waals surface area contributed by atoms with Gasteiger partial charge in [-0.2, -0.15) is 0 Å². The molecule has 8 heteroatoms. The summed E-state index contributed by atoms with van der Waals surface area (Å²) in [5.41, 5.74) is 4.63. The molecular weight excluding hydrogens is 352 g/mol. The first-order chi connectivity index (χ1) is 12.5. The van der Waals surface area contributed by atoms with Crippen molar-refractivity contribution in [3.8, 4) is 5.75 Å². The molecule has 0 aromatic heterocycles. The molecule has 1 heterocycles. The molecule has 138 valence electrons. The minimum atomic E-state index is -1.01. The van der Waals surface area contributed by atoms with Gasteiger partial charge in [-0.25, -0.2) is 0 Å². The zero-order valence-corrected chi connectivity index (χ0v) is 15.5. The van der Waals surface area contributed by atoms with Gasteiger partial charge in [0.25, 0.3) is 5.91 Å². The number of methoxy groups -OCH3 is 1. The summed E-state index contributed by atoms with van der Waals surface area (Å²) in [6, 6.07) is 7.31. The van der Waals surface area contributed by atoms with Crippen molar-refractivity contribution in [3.05, 3.63) is 24.3 Å². The Labute approximate surface area is 157 Å². The molecule has 1 aromatic carbocycles. The Bertz CT molecular complexity index is 752. The van der Waals surface area contributed by atoms with Gasteiger partial charge in [-0.15, -0.1) is 0 Å². The van der Waals surface area contributed by atoms with Crippen molar-refractivity contribution >= 4 is 41.0 Å². The molecule has 2 amide bonds. The average Bonchev–Trinajstić information content (AvgIpc) is 2.63. The van der Waals surface area contributed by atoms with E-state index in [4.69, 9.17) is 17.0 Å². The third kappa shape index (κ3) is 3.61. The Morgan fingerprint density at radius 2 is 2.04 bits per heavy atom. The molecule has 0 bridgehead atoms. The van der Waals surface area contributed by atoms with Crippen LogP contribution in [0.25, 0.3) is 0 Å². The summed E-state index contributed by atoms with van der Waals surface area (Å²) in [6.45, 7) is 0. The highest BCUT2D eigenvalue weighted by Gasteiger charge is 2.39. The van der Waals surface area contributed by atoms with Crippen molar-refractivity contribution in [2.75, 3.05) is 12.0 Å². The molecule has 7 nitrogen and oxygen atoms in total. The molecule has 1 saturated carbocycles. The predicted molar refractivity (Wildman–Crippen MR) is 102 cm³/mol. The zero-order valence-electron chi connectivity index (χ0n) is 14.7. The number of thiocarbonyl (C=S) groups is 1. The number of para-hydroxylation sites is 2. The molecule has 0 radical (unpaired) electrons. The minimum absolute atomic E-state index is 0.0434. The number of benzene rings is 1. The molecule has 0 unspecified atom stereocenters. The van der Waals surface area contributed by atoms with Crippen LogP contribution in [0.4, 0.5) is 5.69 Å². The van der Waals surface area contributed by atoms with Crippen LogP contribution in [0.3, 0.4) is 0 Å². The first-order valence-corrected chi connectivity index (χ1v) is 9.12. The van der Waals surface area contributed by atoms with E-state index in [1.165, 1.54) is 18.2 Å². The Balaban J connectivity index is 1.86. The van der Waals surface area contributed by atoms with Gasteiger partial charge in [-0.1, -0.05) is 18.6 Å². The molecule has 1 aromatic rings. The van der Waals surface area contributed by atoms with Gasteiger partial charge >= 0.3 is 0 Å². The standard InChI is InChI=1S/C18H22N4O3S/c1-25-15-9-5-4-8-14(15)22-17(24)11(16(23)21-18(22)26)10-20-13-7-3-2-6-12(13)19/h4-5,8-13H,2-3,6-7,19H2,1H3,(H,21,23,26)/p+1/t11-,12+,13+/m1/s1. The normalized spacial score (nSPS) is 26.9. The van der Waals surface area contributed by atoms with Gasteiger partial charge in [-0.05, 0) is 37.2 Å². The summed E-state index contributed by atoms with van der Waals surface area (Å²) >= 11 is 5.21. The van der Waals surface area contributed by atoms with Gasteiger partial charge in [0.1, 0.15) is 17.8 Å². The maximum absolute atomic E-state index is 13.0. The lowest BCUT2D eigenvalue weighted by molar-refractivity contribution is -0.428. The van der Waals surface area contributed by atoms with Gasteiger partial charge in [-0.3, -0.25) is 19.5 Å². The zero-order chi connectivity index (χ0) is 18.7. The number of ether oxygens (including phenoxy) is 1. The molecule has 26 heavy (non-hydrogen) atoms. The molecule has 3 rings (SSSR count). The molecule has 2 fully saturated rings. The monoisotopic (exact) mass is 375 g/mol. The van der Waals surface area contributed by atoms with Crippen LogP contribution in [0.15, 0.2) is 29.3 Å². The number of nitrogens with zero attached hydrogens (tertiary/aromatic N) is 2. The first-order valence-electron chi connectivity index (χ1n) is 8.71. The molecular formula is C18H23N4O3S+. The summed E-state index contributed by atoms with van der Waals surface area (Å²) < 4.78 is 5.32. The fraction of sp³-hybridized carbons (Fsp3) is 0.444. The number of anilines is 1. The highest BCUT2D eigenvalue weighted by Crippen LogP contribution is 2.30. The molecule has 4 N–H and O–H groups in total. The van der Waals surface area contributed by atoms with E-state index >= 15 is 0 Å². The van der Waals surface area contributed by atoms with Crippen molar-refractivity contribution in [2.24, 2.45) is 10.9 Å². The summed E-state index contributed by atoms with van der Waals surface area (Å²) in [6.07, 6.45) is 5.65. The number of hydrogen-bond donors (Lipinski definition) is 2. The fourth-order valence-electron chi connectivity index (χ4n) is 3.35. The summed E-state index contributed by atoms with van der Waals surface area (Å²) in [4.78, 5) is 31.1. The number of carbonyl (C=O) groups excluding carboxylic acids is 2. The van der Waals surface area contributed by atoms with Crippen LogP contribution >= 0.6 is 12.2 Å². The van der Waals surface area contributed by atoms with Crippen LogP contribution in [-0.2, 0) is 9.59 Å². The van der Waals surface area contributed by atoms with E-state index in [2.05, 4.69) is 16.0 Å². The SMILES string of the molecule is COc1ccccc1N1C(=O)[C@H](C=N[C@H]2CCCC[C@@H]2[NH3+])C(=O)NC1=S. The summed E-state index contributed by atoms with van der Waals surface area (Å²) in [7, 11) is 1.52. The van der Waals surface area contributed by atoms with Crippen molar-refractivity contribution in [3.63, 3.8) is 0 Å². The number of nitrogens with one attached hydrogen (secondary N) is 1. The number of aliphatic imine (C=N–C) groups is 1. The highest BCUT2D eigenvalue weighted by atomic mass is 32.1. The Morgan fingerprint density at radius 3 is 2.77 bits per heavy atom. The van der Waals surface area contributed by atoms with Crippen LogP contribution in [0.2, 0.25) is 0 Å². The lowest BCUT2D eigenvalue weighted by Gasteiger charge is -2.32. The lowest BCUT2D eigenvalue weighted by Crippen LogP contribution is -2.66. The number of rotatable bonds is 4. The largest absolute Gasteiger partial charge is 0.495 e. The second kappa shape index (κ2) is 7.92. The van der Waals surface area contributed by atoms with Crippen LogP contribution < -0.4 is 20.7 Å². The number of hydrogen-bond acceptors (Lipinski definition) is 5. The third-order valence-corrected chi connectivity index (χ3v) is 5.11. The van der Waals surface area contributed by atoms with E-state index in [9.17, 15) is 9.59 Å². The van der Waals surface area contributed by atoms with Crippen LogP contribution in [-0.4, -0.2) is 42.3 Å². The quantitative estimate of drug-likeness (QED) is 0.459. The molecule has 0 spiro atoms. The minimum Gasteiger partial charge on any atom is -0.495 e. The van der Waals surface area contributed by atoms with E-state index < -0.39 is 17.7 Å². The van der Waals surface area contributed by atoms with Gasteiger partial charge in [0.2, 0.25) is 5.91 Å². The Kier molecular flexibility index (Phi) is 5.63. The lowest BCUT2D eigenvalue weighted by atomic mass is 9.91. The third-order valence-electron chi connectivity index (χ3n) is 4.82. The summed E-state index contributed by atoms with van der Waals surface area (Å²) in [5, 5.41) is 2.64. The molecule has 2 aliphatic rings. The molecule has 1 aliphatic heterocycles. The van der Waals surface area contributed by atoms with E-state index in [0.29, 0.717) is 11.4 Å². The Hall–Kier alpha value is -2.32. The Morgan fingerprint density at radius 1 is 1.31 bits per heavy atom. The topological polar surface area (TPSA) is 98.6 Å². The van der Waals surface area contributed by atoms with E-state index in [1.54, 1.807) is 24.3 Å². The number of carbonyl (C=O) groups is 2. The van der Waals surface area contributed by atoms with E-state index in [0.717, 1.165) is 25.7 Å². The second-order valence-electron chi connectivity index (χ2n) is 6.53. The smallest absolute Gasteiger partial charge is 0.251 e. The summed E-state index contributed by atoms with van der Waals surface area (Å²) in [5.74, 6) is -1.39. The maximum atomic E-state index is 13.0. The molecule has 1 saturated heterocycles. The van der Waals surface area contributed by atoms with Gasteiger partial charge < -0.3 is 15.8 Å². The maximum Gasteiger partial charge on any atom is 0.251 e. The van der Waals surface area contributed by atoms with E-state index in [1.807, 2.05) is 0 Å². The van der Waals surface area contributed by atoms with Crippen LogP contribution in [0.5, 0.6) is 5.75 Å². The van der Waals surface area contributed by atoms with Gasteiger partial charge in [0, 0.05) is 12.6 Å². The van der Waals surface area contributed by atoms with Crippen molar-refractivity contribution < 1.29 is 20.1 Å². The van der Waals surface area contributed by atoms with E-state index in [-0.39, 0.29) is 17.2 Å². The van der Waals surface area contributed by atoms with Crippen molar-refractivity contribution in [1.29, 1.82) is 0 Å². The highest BCUT2D eigenvalue weighted by molar-refractivity contribution is 7.80. The van der Waals surface area contributed by atoms with Crippen LogP contribution in [0.1, 0.15) is 25.7 Å². The van der Waals surface area contributed by atoms with Crippen molar-refractivity contribution in [1.82, 2.24) is 5.32 Å². The van der Waals surface area contributed by atoms with Crippen molar-refractivity contribution in [2.45, 2.75) is 37.8 Å². The number of amides is 2. The fourth-order valence-corrected chi connectivity index (χ4v) is 3.63. The molecule has 3 atom stereocenters. The first kappa shape index (κ1) is 18.5. The van der Waals surface area contributed by atoms with Crippen LogP contribution in [0, 0.1) is 5.92 Å². The van der Waals surface area contributed by atoms with Gasteiger partial charge in [0.05, 0.1) is 12.8 Å². The molecule has 1 aliphatic carbocycles. The second-order valence-corrected chi connectivity index (χ2v) is 6.91. The number of quaternary nitrogens is 1. The average molecular weight is 375 g/mol. The van der Waals surface area contributed by atoms with Gasteiger partial charge in [0.15, 0.2) is 11.0 Å². The predicted octanol–water partition coefficient (Wildman–Crippen LogP) is 0.683.